The van der Waals surface area contributed by atoms with E-state index in [-0.39, 0.29) is 5.56 Å². The lowest BCUT2D eigenvalue weighted by Crippen LogP contribution is -2.03. The van der Waals surface area contributed by atoms with Crippen molar-refractivity contribution < 1.29 is 0 Å². The molecule has 0 aliphatic heterocycles. The minimum absolute atomic E-state index is 0.297. The molecule has 8 heavy (non-hydrogen) atoms. The molecule has 0 saturated carbocycles. The maximum absolute atomic E-state index is 10.3. The quantitative estimate of drug-likeness (QED) is 0.490. The summed E-state index contributed by atoms with van der Waals surface area (Å²) in [5, 5.41) is 0. The predicted octanol–water partition coefficient (Wildman–Crippen LogP) is 0.233. The average molecular weight is 127 g/mol. The van der Waals surface area contributed by atoms with Gasteiger partial charge in [-0.3, -0.25) is 9.78 Å². The Hall–Kier alpha value is -0.900. The number of hydrogen-bond donors (Lipinski definition) is 2. The highest BCUT2D eigenvalue weighted by Gasteiger charge is 1.75. The molecule has 0 fully saturated rings. The van der Waals surface area contributed by atoms with Gasteiger partial charge in [-0.25, -0.2) is 0 Å². The van der Waals surface area contributed by atoms with Crippen LogP contribution >= 0.6 is 12.2 Å². The van der Waals surface area contributed by atoms with E-state index in [0.29, 0.717) is 4.77 Å². The third kappa shape index (κ3) is 1.04. The van der Waals surface area contributed by atoms with Gasteiger partial charge in [0.25, 0.3) is 5.56 Å². The van der Waals surface area contributed by atoms with Crippen LogP contribution in [-0.4, -0.2) is 9.97 Å². The zero-order valence-corrected chi connectivity index (χ0v) is 4.71. The van der Waals surface area contributed by atoms with Gasteiger partial charge in [-0.15, -0.1) is 0 Å². The van der Waals surface area contributed by atoms with Crippen molar-refractivity contribution in [2.45, 2.75) is 0 Å². The van der Waals surface area contributed by atoms with Crippen LogP contribution in [0.2, 0.25) is 0 Å². The maximum atomic E-state index is 10.3. The summed E-state index contributed by atoms with van der Waals surface area (Å²) in [7, 11) is 0. The van der Waals surface area contributed by atoms with Crippen LogP contribution in [0.3, 0.4) is 0 Å². The van der Waals surface area contributed by atoms with E-state index in [4.69, 9.17) is 0 Å². The summed E-state index contributed by atoms with van der Waals surface area (Å²) >= 11 is 4.57. The van der Waals surface area contributed by atoms with E-state index in [1.54, 1.807) is 0 Å². The van der Waals surface area contributed by atoms with E-state index in [1.807, 2.05) is 0 Å². The van der Waals surface area contributed by atoms with Gasteiger partial charge in [0.15, 0.2) is 4.77 Å². The second-order valence-corrected chi connectivity index (χ2v) is 1.62. The Morgan fingerprint density at radius 1 is 1.75 bits per heavy atom. The molecule has 0 saturated heterocycles. The van der Waals surface area contributed by atoms with Gasteiger partial charge in [0.05, 0.1) is 6.07 Å². The van der Waals surface area contributed by atoms with Crippen molar-refractivity contribution in [1.82, 2.24) is 9.97 Å². The fraction of sp³-hybridized carbons (Fsp3) is 0. The van der Waals surface area contributed by atoms with Gasteiger partial charge in [-0.1, -0.05) is 0 Å². The van der Waals surface area contributed by atoms with Gasteiger partial charge < -0.3 is 4.98 Å². The van der Waals surface area contributed by atoms with Crippen LogP contribution in [-0.2, 0) is 0 Å². The Morgan fingerprint density at radius 3 is 2.88 bits per heavy atom. The van der Waals surface area contributed by atoms with Crippen molar-refractivity contribution in [3.63, 3.8) is 0 Å². The van der Waals surface area contributed by atoms with Crippen molar-refractivity contribution in [3.8, 4) is 0 Å². The van der Waals surface area contributed by atoms with Gasteiger partial charge >= 0.3 is 0 Å². The van der Waals surface area contributed by atoms with Crippen LogP contribution in [0, 0.1) is 10.8 Å². The maximum Gasteiger partial charge on any atom is 0.259 e. The van der Waals surface area contributed by atoms with E-state index in [0.717, 1.165) is 0 Å². The normalized spacial score (nSPS) is 9.00. The molecule has 3 nitrogen and oxygen atoms in total. The molecular weight excluding hydrogens is 124 g/mol. The lowest BCUT2D eigenvalue weighted by molar-refractivity contribution is 1.08. The molecule has 1 rings (SSSR count). The number of hydrogen-bond acceptors (Lipinski definition) is 2. The number of aromatic nitrogens is 2. The van der Waals surface area contributed by atoms with Crippen molar-refractivity contribution in [2.75, 3.05) is 0 Å². The Kier molecular flexibility index (Phi) is 1.26. The third-order valence-electron chi connectivity index (χ3n) is 0.634. The van der Waals surface area contributed by atoms with Gasteiger partial charge in [-0.2, -0.15) is 0 Å². The van der Waals surface area contributed by atoms with Crippen molar-refractivity contribution in [2.24, 2.45) is 0 Å². The minimum Gasteiger partial charge on any atom is -0.338 e. The molecule has 1 heterocycles. The van der Waals surface area contributed by atoms with Crippen LogP contribution in [0.5, 0.6) is 0 Å². The van der Waals surface area contributed by atoms with E-state index in [2.05, 4.69) is 28.3 Å². The number of H-pyrrole nitrogens is 2. The zero-order valence-electron chi connectivity index (χ0n) is 3.89. The third-order valence-corrected chi connectivity index (χ3v) is 0.854. The van der Waals surface area contributed by atoms with E-state index >= 15 is 0 Å². The zero-order chi connectivity index (χ0) is 5.98. The summed E-state index contributed by atoms with van der Waals surface area (Å²) in [6.45, 7) is 0. The molecule has 41 valence electrons. The summed E-state index contributed by atoms with van der Waals surface area (Å²) in [6, 6.07) is 2.34. The highest BCUT2D eigenvalue weighted by Crippen LogP contribution is 1.66. The smallest absolute Gasteiger partial charge is 0.259 e. The Bertz CT molecular complexity index is 248. The van der Waals surface area contributed by atoms with E-state index in [1.165, 1.54) is 6.20 Å². The van der Waals surface area contributed by atoms with Gasteiger partial charge in [0.1, 0.15) is 0 Å². The molecule has 0 aromatic carbocycles. The first kappa shape index (κ1) is 5.24. The average Bonchev–Trinajstić information content (AvgIpc) is 1.64. The van der Waals surface area contributed by atoms with Crippen LogP contribution in [0.1, 0.15) is 0 Å². The highest BCUT2D eigenvalue weighted by atomic mass is 32.1. The minimum atomic E-state index is -0.297. The molecule has 0 atom stereocenters. The first-order valence-corrected chi connectivity index (χ1v) is 2.39. The predicted molar refractivity (Wildman–Crippen MR) is 31.1 cm³/mol. The summed E-state index contributed by atoms with van der Waals surface area (Å²) in [6.07, 6.45) is 1.38. The fourth-order valence-electron chi connectivity index (χ4n) is 0.342. The van der Waals surface area contributed by atoms with Gasteiger partial charge in [0.2, 0.25) is 0 Å². The standard InChI is InChI=1S/C4H3N2OS/c7-3-1-2-5-4(8)6-3/h2H,(H2,5,6,7,8). The van der Waals surface area contributed by atoms with Crippen LogP contribution in [0.15, 0.2) is 11.0 Å². The first-order valence-electron chi connectivity index (χ1n) is 1.99. The number of rotatable bonds is 0. The Morgan fingerprint density at radius 2 is 2.50 bits per heavy atom. The monoisotopic (exact) mass is 127 g/mol. The molecule has 4 heteroatoms. The van der Waals surface area contributed by atoms with Crippen molar-refractivity contribution in [3.05, 3.63) is 27.4 Å². The highest BCUT2D eigenvalue weighted by molar-refractivity contribution is 7.71. The lowest BCUT2D eigenvalue weighted by atomic mass is 10.7. The summed E-state index contributed by atoms with van der Waals surface area (Å²) < 4.78 is 0.328. The second-order valence-electron chi connectivity index (χ2n) is 1.22. The lowest BCUT2D eigenvalue weighted by Gasteiger charge is -1.77. The molecule has 1 aromatic rings. The van der Waals surface area contributed by atoms with Crippen LogP contribution in [0.25, 0.3) is 0 Å². The molecule has 0 aliphatic rings. The van der Waals surface area contributed by atoms with Gasteiger partial charge in [0, 0.05) is 6.20 Å². The Balaban J connectivity index is 3.50. The SMILES string of the molecule is O=c1[c]c[nH]c(=S)[nH]1. The van der Waals surface area contributed by atoms with Crippen molar-refractivity contribution in [1.29, 1.82) is 0 Å². The molecule has 1 aromatic heterocycles. The topological polar surface area (TPSA) is 48.6 Å². The van der Waals surface area contributed by atoms with Crippen LogP contribution in [0.4, 0.5) is 0 Å². The molecule has 0 amide bonds. The summed E-state index contributed by atoms with van der Waals surface area (Å²) in [5.74, 6) is 0. The van der Waals surface area contributed by atoms with E-state index in [9.17, 15) is 4.79 Å². The molecule has 0 spiro atoms. The number of nitrogens with one attached hydrogen (secondary N) is 2. The molecule has 0 unspecified atom stereocenters. The molecule has 0 aliphatic carbocycles. The molecule has 2 N–H and O–H groups in total. The van der Waals surface area contributed by atoms with E-state index < -0.39 is 0 Å². The molecule has 1 radical (unpaired) electrons. The second kappa shape index (κ2) is 1.92. The Labute approximate surface area is 50.4 Å². The first-order chi connectivity index (χ1) is 3.79. The largest absolute Gasteiger partial charge is 0.338 e. The summed E-state index contributed by atoms with van der Waals surface area (Å²) in [5.41, 5.74) is -0.297. The van der Waals surface area contributed by atoms with Crippen molar-refractivity contribution >= 4 is 12.2 Å². The van der Waals surface area contributed by atoms with Crippen LogP contribution < -0.4 is 5.56 Å². The van der Waals surface area contributed by atoms with Gasteiger partial charge in [-0.05, 0) is 12.2 Å². The fourth-order valence-corrected chi connectivity index (χ4v) is 0.494. The number of aromatic amines is 2. The molecule has 0 bridgehead atoms. The molecular formula is C4H3N2OS. The summed E-state index contributed by atoms with van der Waals surface area (Å²) in [4.78, 5) is 15.2.